The van der Waals surface area contributed by atoms with Gasteiger partial charge >= 0.3 is 0 Å². The molecular formula is C12H20IN3O. The summed E-state index contributed by atoms with van der Waals surface area (Å²) < 4.78 is 6.47. The number of halogens is 1. The van der Waals surface area contributed by atoms with E-state index in [-0.39, 0.29) is 0 Å². The Bertz CT molecular complexity index is 355. The van der Waals surface area contributed by atoms with E-state index in [0.717, 1.165) is 35.7 Å². The van der Waals surface area contributed by atoms with Crippen molar-refractivity contribution in [2.75, 3.05) is 40.3 Å². The van der Waals surface area contributed by atoms with E-state index < -0.39 is 0 Å². The van der Waals surface area contributed by atoms with Crippen LogP contribution in [0.3, 0.4) is 0 Å². The number of nitrogens with one attached hydrogen (secondary N) is 1. The van der Waals surface area contributed by atoms with Gasteiger partial charge in [0.2, 0.25) is 0 Å². The topological polar surface area (TPSA) is 31.6 Å². The number of hydrogen-bond acceptors (Lipinski definition) is 4. The zero-order valence-electron chi connectivity index (χ0n) is 10.4. The number of piperazine rings is 1. The highest BCUT2D eigenvalue weighted by molar-refractivity contribution is 14.1. The minimum absolute atomic E-state index is 0.600. The molecule has 0 aliphatic carbocycles. The maximum Gasteiger partial charge on any atom is 0.164 e. The van der Waals surface area contributed by atoms with Gasteiger partial charge in [0.25, 0.3) is 0 Å². The maximum absolute atomic E-state index is 5.52. The van der Waals surface area contributed by atoms with E-state index in [4.69, 9.17) is 4.42 Å². The third-order valence-electron chi connectivity index (χ3n) is 3.29. The van der Waals surface area contributed by atoms with Gasteiger partial charge in [0.1, 0.15) is 5.76 Å². The molecule has 0 aromatic carbocycles. The Balaban J connectivity index is 1.74. The lowest BCUT2D eigenvalue weighted by Crippen LogP contribution is -2.53. The minimum atomic E-state index is 0.600. The van der Waals surface area contributed by atoms with Crippen LogP contribution in [0.25, 0.3) is 0 Å². The summed E-state index contributed by atoms with van der Waals surface area (Å²) in [6, 6.07) is 4.63. The van der Waals surface area contributed by atoms with E-state index in [2.05, 4.69) is 51.8 Å². The van der Waals surface area contributed by atoms with Crippen LogP contribution in [0.2, 0.25) is 0 Å². The first kappa shape index (κ1) is 13.3. The van der Waals surface area contributed by atoms with E-state index in [1.54, 1.807) is 0 Å². The zero-order chi connectivity index (χ0) is 12.3. The average molecular weight is 349 g/mol. The Morgan fingerprint density at radius 3 is 2.94 bits per heavy atom. The Morgan fingerprint density at radius 1 is 1.41 bits per heavy atom. The molecule has 4 nitrogen and oxygen atoms in total. The van der Waals surface area contributed by atoms with Crippen LogP contribution < -0.4 is 5.32 Å². The van der Waals surface area contributed by atoms with Crippen LogP contribution in [0.15, 0.2) is 16.5 Å². The smallest absolute Gasteiger partial charge is 0.164 e. The number of likely N-dealkylation sites (N-methyl/N-ethyl adjacent to an activating group) is 2. The largest absolute Gasteiger partial charge is 0.454 e. The summed E-state index contributed by atoms with van der Waals surface area (Å²) >= 11 is 2.19. The van der Waals surface area contributed by atoms with Crippen LogP contribution >= 0.6 is 22.6 Å². The zero-order valence-corrected chi connectivity index (χ0v) is 12.6. The molecular weight excluding hydrogens is 329 g/mol. The summed E-state index contributed by atoms with van der Waals surface area (Å²) in [5.41, 5.74) is 0. The average Bonchev–Trinajstić information content (AvgIpc) is 2.69. The molecule has 1 aromatic rings. The van der Waals surface area contributed by atoms with Crippen LogP contribution in [-0.4, -0.2) is 56.1 Å². The van der Waals surface area contributed by atoms with Crippen molar-refractivity contribution in [1.82, 2.24) is 15.1 Å². The third kappa shape index (κ3) is 3.94. The van der Waals surface area contributed by atoms with Crippen molar-refractivity contribution in [3.8, 4) is 0 Å². The van der Waals surface area contributed by atoms with Crippen LogP contribution in [0.4, 0.5) is 0 Å². The molecule has 0 saturated carbocycles. The summed E-state index contributed by atoms with van der Waals surface area (Å²) in [7, 11) is 4.39. The number of rotatable bonds is 4. The second-order valence-corrected chi connectivity index (χ2v) is 5.80. The Kier molecular flexibility index (Phi) is 4.84. The van der Waals surface area contributed by atoms with Gasteiger partial charge in [-0.3, -0.25) is 4.90 Å². The molecule has 0 spiro atoms. The lowest BCUT2D eigenvalue weighted by Gasteiger charge is -2.37. The fraction of sp³-hybridized carbons (Fsp3) is 0.667. The van der Waals surface area contributed by atoms with Crippen LogP contribution in [-0.2, 0) is 6.54 Å². The Morgan fingerprint density at radius 2 is 2.24 bits per heavy atom. The standard InChI is InChI=1S/C12H20IN3O/c1-15-5-6-16(2)10(9-15)7-14-8-11-3-4-12(13)17-11/h3-4,10,14H,5-9H2,1-2H3. The lowest BCUT2D eigenvalue weighted by atomic mass is 10.2. The van der Waals surface area contributed by atoms with Crippen molar-refractivity contribution in [2.24, 2.45) is 0 Å². The summed E-state index contributed by atoms with van der Waals surface area (Å²) in [5.74, 6) is 1.02. The minimum Gasteiger partial charge on any atom is -0.454 e. The van der Waals surface area contributed by atoms with Crippen LogP contribution in [0.1, 0.15) is 5.76 Å². The highest BCUT2D eigenvalue weighted by Gasteiger charge is 2.21. The molecule has 1 aromatic heterocycles. The summed E-state index contributed by atoms with van der Waals surface area (Å²) in [4.78, 5) is 4.82. The highest BCUT2D eigenvalue weighted by atomic mass is 127. The Hall–Kier alpha value is -0.110. The number of nitrogens with zero attached hydrogens (tertiary/aromatic N) is 2. The molecule has 96 valence electrons. The van der Waals surface area contributed by atoms with Gasteiger partial charge in [-0.05, 0) is 48.8 Å². The van der Waals surface area contributed by atoms with Crippen molar-refractivity contribution >= 4 is 22.6 Å². The van der Waals surface area contributed by atoms with Crippen molar-refractivity contribution < 1.29 is 4.42 Å². The SMILES string of the molecule is CN1CCN(C)C(CNCc2ccc(I)o2)C1. The highest BCUT2D eigenvalue weighted by Crippen LogP contribution is 2.10. The van der Waals surface area contributed by atoms with E-state index in [1.807, 2.05) is 12.1 Å². The van der Waals surface area contributed by atoms with Crippen molar-refractivity contribution in [2.45, 2.75) is 12.6 Å². The van der Waals surface area contributed by atoms with Gasteiger partial charge in [0, 0.05) is 32.2 Å². The van der Waals surface area contributed by atoms with Crippen LogP contribution in [0.5, 0.6) is 0 Å². The quantitative estimate of drug-likeness (QED) is 0.829. The molecule has 0 radical (unpaired) electrons. The second-order valence-electron chi connectivity index (χ2n) is 4.73. The summed E-state index contributed by atoms with van der Waals surface area (Å²) in [6.45, 7) is 5.29. The molecule has 1 aliphatic heterocycles. The predicted octanol–water partition coefficient (Wildman–Crippen LogP) is 1.22. The van der Waals surface area contributed by atoms with Gasteiger partial charge in [-0.2, -0.15) is 0 Å². The van der Waals surface area contributed by atoms with Crippen molar-refractivity contribution in [3.63, 3.8) is 0 Å². The lowest BCUT2D eigenvalue weighted by molar-refractivity contribution is 0.113. The fourth-order valence-corrected chi connectivity index (χ4v) is 2.59. The van der Waals surface area contributed by atoms with E-state index in [9.17, 15) is 0 Å². The summed E-state index contributed by atoms with van der Waals surface area (Å²) in [6.07, 6.45) is 0. The van der Waals surface area contributed by atoms with Crippen molar-refractivity contribution in [1.29, 1.82) is 0 Å². The van der Waals surface area contributed by atoms with Gasteiger partial charge in [-0.15, -0.1) is 0 Å². The molecule has 5 heteroatoms. The first-order valence-electron chi connectivity index (χ1n) is 5.99. The molecule has 0 bridgehead atoms. The van der Waals surface area contributed by atoms with Gasteiger partial charge < -0.3 is 14.6 Å². The normalized spacial score (nSPS) is 23.1. The molecule has 17 heavy (non-hydrogen) atoms. The number of furan rings is 1. The number of hydrogen-bond donors (Lipinski definition) is 1. The van der Waals surface area contributed by atoms with Gasteiger partial charge in [0.15, 0.2) is 3.77 Å². The molecule has 1 atom stereocenters. The molecule has 1 unspecified atom stereocenters. The maximum atomic E-state index is 5.52. The van der Waals surface area contributed by atoms with Gasteiger partial charge in [-0.25, -0.2) is 0 Å². The Labute approximate surface area is 116 Å². The second kappa shape index (κ2) is 6.17. The van der Waals surface area contributed by atoms with E-state index in [0.29, 0.717) is 6.04 Å². The molecule has 1 fully saturated rings. The predicted molar refractivity (Wildman–Crippen MR) is 77.0 cm³/mol. The monoisotopic (exact) mass is 349 g/mol. The molecule has 1 N–H and O–H groups in total. The molecule has 0 amide bonds. The molecule has 2 heterocycles. The van der Waals surface area contributed by atoms with E-state index in [1.165, 1.54) is 6.54 Å². The van der Waals surface area contributed by atoms with Crippen LogP contribution in [0, 0.1) is 3.77 Å². The first-order valence-corrected chi connectivity index (χ1v) is 7.07. The molecule has 1 saturated heterocycles. The van der Waals surface area contributed by atoms with Gasteiger partial charge in [-0.1, -0.05) is 0 Å². The van der Waals surface area contributed by atoms with Gasteiger partial charge in [0.05, 0.1) is 6.54 Å². The molecule has 2 rings (SSSR count). The third-order valence-corrected chi connectivity index (χ3v) is 3.87. The first-order chi connectivity index (χ1) is 8.15. The molecule has 1 aliphatic rings. The van der Waals surface area contributed by atoms with E-state index >= 15 is 0 Å². The fourth-order valence-electron chi connectivity index (χ4n) is 2.13. The summed E-state index contributed by atoms with van der Waals surface area (Å²) in [5, 5.41) is 3.47. The van der Waals surface area contributed by atoms with Crippen molar-refractivity contribution in [3.05, 3.63) is 21.7 Å².